The Balaban J connectivity index is 1.51. The minimum absolute atomic E-state index is 0.00181. The molecular weight excluding hydrogens is 806 g/mol. The predicted molar refractivity (Wildman–Crippen MR) is 231 cm³/mol. The van der Waals surface area contributed by atoms with Gasteiger partial charge in [-0.05, 0) is 65.5 Å². The molecule has 1 aliphatic heterocycles. The van der Waals surface area contributed by atoms with Gasteiger partial charge in [-0.15, -0.1) is 0 Å². The lowest BCUT2D eigenvalue weighted by atomic mass is 9.80. The molecule has 3 aromatic carbocycles. The van der Waals surface area contributed by atoms with Gasteiger partial charge in [0.25, 0.3) is 5.56 Å². The molecule has 2 N–H and O–H groups in total. The van der Waals surface area contributed by atoms with Crippen molar-refractivity contribution in [3.8, 4) is 11.5 Å². The Morgan fingerprint density at radius 2 is 1.52 bits per heavy atom. The summed E-state index contributed by atoms with van der Waals surface area (Å²) >= 11 is 0. The SMILES string of the molecule is CCC(C)C(=O)Nc1nc2c(ncn2[C@@H]2O[C@H](COC(c3ccccc3)(c3ccc(OC)cc3)c3ccc(OC)cc3)[C@H](O[Si](C)(C)C(C)(C)C)[C@@H]2O[PH](=O)OC)c(=O)[nH]1. The van der Waals surface area contributed by atoms with Crippen LogP contribution in [0.25, 0.3) is 11.2 Å². The number of fused-ring (bicyclic) bond motifs is 1. The molecule has 0 spiro atoms. The van der Waals surface area contributed by atoms with Gasteiger partial charge in [0.15, 0.2) is 25.7 Å². The molecule has 6 rings (SSSR count). The third kappa shape index (κ3) is 9.15. The third-order valence-electron chi connectivity index (χ3n) is 11.6. The van der Waals surface area contributed by atoms with E-state index in [2.05, 4.69) is 54.1 Å². The minimum atomic E-state index is -3.10. The Morgan fingerprint density at radius 1 is 0.933 bits per heavy atom. The fourth-order valence-corrected chi connectivity index (χ4v) is 8.78. The summed E-state index contributed by atoms with van der Waals surface area (Å²) in [5.41, 5.74) is 0.787. The van der Waals surface area contributed by atoms with E-state index < -0.39 is 52.3 Å². The number of aromatic nitrogens is 4. The van der Waals surface area contributed by atoms with Gasteiger partial charge < -0.3 is 27.9 Å². The van der Waals surface area contributed by atoms with E-state index in [0.717, 1.165) is 16.7 Å². The molecule has 1 amide bonds. The highest BCUT2D eigenvalue weighted by Gasteiger charge is 2.53. The van der Waals surface area contributed by atoms with Crippen LogP contribution >= 0.6 is 8.25 Å². The smallest absolute Gasteiger partial charge is 0.319 e. The molecule has 0 bridgehead atoms. The van der Waals surface area contributed by atoms with Gasteiger partial charge in [0.2, 0.25) is 11.9 Å². The zero-order valence-electron chi connectivity index (χ0n) is 35.8. The number of ether oxygens (including phenoxy) is 4. The van der Waals surface area contributed by atoms with Crippen molar-refractivity contribution in [2.75, 3.05) is 33.3 Å². The van der Waals surface area contributed by atoms with Crippen molar-refractivity contribution in [2.24, 2.45) is 5.92 Å². The number of nitrogens with one attached hydrogen (secondary N) is 2. The molecule has 17 heteroatoms. The maximum Gasteiger partial charge on any atom is 0.319 e. The number of carbonyl (C=O) groups excluding carboxylic acids is 1. The van der Waals surface area contributed by atoms with Gasteiger partial charge in [-0.1, -0.05) is 89.2 Å². The molecular formula is C43H56N5O10PSi. The van der Waals surface area contributed by atoms with Crippen LogP contribution in [0.1, 0.15) is 64.0 Å². The Labute approximate surface area is 352 Å². The van der Waals surface area contributed by atoms with E-state index in [1.165, 1.54) is 13.4 Å². The van der Waals surface area contributed by atoms with Crippen LogP contribution in [0.4, 0.5) is 5.95 Å². The second-order valence-electron chi connectivity index (χ2n) is 16.3. The molecule has 3 heterocycles. The van der Waals surface area contributed by atoms with E-state index in [1.807, 2.05) is 85.8 Å². The highest BCUT2D eigenvalue weighted by atomic mass is 31.1. The molecule has 1 aliphatic rings. The molecule has 0 aliphatic carbocycles. The van der Waals surface area contributed by atoms with Crippen molar-refractivity contribution >= 4 is 39.6 Å². The second kappa shape index (κ2) is 18.5. The highest BCUT2D eigenvalue weighted by molar-refractivity contribution is 7.33. The number of imidazole rings is 1. The number of aromatic amines is 1. The van der Waals surface area contributed by atoms with Crippen LogP contribution in [-0.2, 0) is 37.9 Å². The normalized spacial score (nSPS) is 19.6. The van der Waals surface area contributed by atoms with Crippen LogP contribution in [0.5, 0.6) is 11.5 Å². The topological polar surface area (TPSA) is 174 Å². The molecule has 6 atom stereocenters. The lowest BCUT2D eigenvalue weighted by Crippen LogP contribution is -2.50. The van der Waals surface area contributed by atoms with E-state index in [1.54, 1.807) is 25.7 Å². The van der Waals surface area contributed by atoms with Gasteiger partial charge in [-0.2, -0.15) is 4.98 Å². The number of rotatable bonds is 17. The van der Waals surface area contributed by atoms with Crippen LogP contribution in [0.15, 0.2) is 90.0 Å². The number of anilines is 1. The predicted octanol–water partition coefficient (Wildman–Crippen LogP) is 7.84. The summed E-state index contributed by atoms with van der Waals surface area (Å²) in [5, 5.41) is 2.45. The number of amides is 1. The van der Waals surface area contributed by atoms with Crippen molar-refractivity contribution < 1.29 is 41.8 Å². The number of H-pyrrole nitrogens is 1. The molecule has 1 saturated heterocycles. The number of hydrogen-bond donors (Lipinski definition) is 2. The average Bonchev–Trinajstić information content (AvgIpc) is 3.81. The molecule has 1 fully saturated rings. The van der Waals surface area contributed by atoms with Gasteiger partial charge in [-0.25, -0.2) is 4.98 Å². The fraction of sp³-hybridized carbons (Fsp3) is 0.442. The van der Waals surface area contributed by atoms with E-state index in [4.69, 9.17) is 32.4 Å². The monoisotopic (exact) mass is 861 g/mol. The lowest BCUT2D eigenvalue weighted by molar-refractivity contribution is -0.119. The highest BCUT2D eigenvalue weighted by Crippen LogP contribution is 2.47. The number of carbonyl (C=O) groups is 1. The summed E-state index contributed by atoms with van der Waals surface area (Å²) in [5.74, 6) is 0.665. The van der Waals surface area contributed by atoms with Crippen LogP contribution in [0.2, 0.25) is 18.1 Å². The number of nitrogens with zero attached hydrogens (tertiary/aromatic N) is 3. The van der Waals surface area contributed by atoms with Gasteiger partial charge in [-0.3, -0.25) is 33.5 Å². The lowest BCUT2D eigenvalue weighted by Gasteiger charge is -2.41. The largest absolute Gasteiger partial charge is 0.497 e. The first-order chi connectivity index (χ1) is 28.6. The van der Waals surface area contributed by atoms with Gasteiger partial charge in [0, 0.05) is 13.0 Å². The maximum absolute atomic E-state index is 13.4. The van der Waals surface area contributed by atoms with E-state index >= 15 is 0 Å². The summed E-state index contributed by atoms with van der Waals surface area (Å²) in [7, 11) is -1.21. The summed E-state index contributed by atoms with van der Waals surface area (Å²) in [4.78, 5) is 37.9. The van der Waals surface area contributed by atoms with Crippen LogP contribution in [-0.4, -0.2) is 80.0 Å². The van der Waals surface area contributed by atoms with E-state index in [9.17, 15) is 14.2 Å². The average molecular weight is 862 g/mol. The molecule has 0 radical (unpaired) electrons. The zero-order valence-corrected chi connectivity index (χ0v) is 37.8. The Kier molecular flexibility index (Phi) is 13.9. The molecule has 5 aromatic rings. The quantitative estimate of drug-likeness (QED) is 0.0528. The van der Waals surface area contributed by atoms with Gasteiger partial charge in [0.05, 0.1) is 27.2 Å². The first-order valence-electron chi connectivity index (χ1n) is 19.9. The van der Waals surface area contributed by atoms with Crippen LogP contribution in [0, 0.1) is 5.92 Å². The van der Waals surface area contributed by atoms with Crippen molar-refractivity contribution in [3.05, 3.63) is 112 Å². The molecule has 60 heavy (non-hydrogen) atoms. The molecule has 2 aromatic heterocycles. The van der Waals surface area contributed by atoms with E-state index in [-0.39, 0.29) is 40.6 Å². The minimum Gasteiger partial charge on any atom is -0.497 e. The van der Waals surface area contributed by atoms with Crippen LogP contribution < -0.4 is 20.3 Å². The van der Waals surface area contributed by atoms with Crippen LogP contribution in [0.3, 0.4) is 0 Å². The second-order valence-corrected chi connectivity index (χ2v) is 22.2. The standard InChI is InChI=1S/C43H56N5O10PSi/c1-11-27(2)38(49)46-41-45-37-34(39(50)47-41)44-26-48(37)40-36(57-59(51)54-8)35(58-60(9,10)42(3,4)5)33(56-40)25-55-43(28-15-13-12-14-16-28,29-17-21-31(52-6)22-18-29)30-19-23-32(53-7)24-20-30/h12-24,26-27,33,35-36,40,59H,11,25H2,1-10H3,(H2,45,46,47,49,50)/t27?,33-,35+,36+,40-/m1/s1. The molecule has 2 unspecified atom stereocenters. The van der Waals surface area contributed by atoms with Gasteiger partial charge in [0.1, 0.15) is 35.4 Å². The number of methoxy groups -OCH3 is 2. The number of hydrogen-bond acceptors (Lipinski definition) is 12. The molecule has 322 valence electrons. The van der Waals surface area contributed by atoms with Crippen molar-refractivity contribution in [2.45, 2.75) is 89.3 Å². The maximum atomic E-state index is 13.4. The summed E-state index contributed by atoms with van der Waals surface area (Å²) in [6.07, 6.45) is -1.89. The summed E-state index contributed by atoms with van der Waals surface area (Å²) < 4.78 is 58.8. The Morgan fingerprint density at radius 3 is 2.05 bits per heavy atom. The molecule has 15 nitrogen and oxygen atoms in total. The van der Waals surface area contributed by atoms with Crippen molar-refractivity contribution in [1.29, 1.82) is 0 Å². The first kappa shape index (κ1) is 44.9. The summed E-state index contributed by atoms with van der Waals surface area (Å²) in [6, 6.07) is 25.3. The van der Waals surface area contributed by atoms with Gasteiger partial charge >= 0.3 is 8.25 Å². The van der Waals surface area contributed by atoms with E-state index in [0.29, 0.717) is 17.9 Å². The summed E-state index contributed by atoms with van der Waals surface area (Å²) in [6.45, 7) is 14.2. The fourth-order valence-electron chi connectivity index (χ4n) is 6.89. The Bertz CT molecular complexity index is 2270. The number of benzene rings is 3. The first-order valence-corrected chi connectivity index (χ1v) is 24.0. The van der Waals surface area contributed by atoms with Crippen molar-refractivity contribution in [1.82, 2.24) is 19.5 Å². The zero-order chi connectivity index (χ0) is 43.4. The third-order valence-corrected chi connectivity index (χ3v) is 16.8. The Hall–Kier alpha value is -4.67. The molecule has 0 saturated carbocycles. The van der Waals surface area contributed by atoms with Crippen molar-refractivity contribution in [3.63, 3.8) is 0 Å².